The zero-order valence-electron chi connectivity index (χ0n) is 16.4. The molecule has 32 heavy (non-hydrogen) atoms. The lowest BCUT2D eigenvalue weighted by Crippen LogP contribution is -2.08. The van der Waals surface area contributed by atoms with Crippen molar-refractivity contribution < 1.29 is 9.59 Å². The van der Waals surface area contributed by atoms with Gasteiger partial charge in [-0.15, -0.1) is 0 Å². The summed E-state index contributed by atoms with van der Waals surface area (Å²) in [7, 11) is 0. The number of rotatable bonds is 5. The summed E-state index contributed by atoms with van der Waals surface area (Å²) in [6.45, 7) is 0. The quantitative estimate of drug-likeness (QED) is 0.258. The van der Waals surface area contributed by atoms with Crippen molar-refractivity contribution >= 4 is 58.0 Å². The summed E-state index contributed by atoms with van der Waals surface area (Å²) in [5.74, 6) is -0.613. The van der Waals surface area contributed by atoms with Crippen LogP contribution in [0.1, 0.15) is 31.8 Å². The molecule has 0 saturated heterocycles. The Kier molecular flexibility index (Phi) is 6.68. The van der Waals surface area contributed by atoms with Crippen LogP contribution < -0.4 is 0 Å². The molecule has 0 amide bonds. The molecule has 0 aliphatic rings. The van der Waals surface area contributed by atoms with Gasteiger partial charge in [0.1, 0.15) is 0 Å². The highest BCUT2D eigenvalue weighted by Crippen LogP contribution is 2.35. The highest BCUT2D eigenvalue weighted by atomic mass is 35.5. The van der Waals surface area contributed by atoms with Crippen LogP contribution in [-0.4, -0.2) is 11.6 Å². The van der Waals surface area contributed by atoms with Crippen molar-refractivity contribution in [1.82, 2.24) is 0 Å². The van der Waals surface area contributed by atoms with Crippen LogP contribution in [0.5, 0.6) is 0 Å². The average molecular weight is 500 g/mol. The Hall–Kier alpha value is -2.62. The molecule has 6 heteroatoms. The van der Waals surface area contributed by atoms with Crippen LogP contribution in [0.15, 0.2) is 84.9 Å². The van der Waals surface area contributed by atoms with Gasteiger partial charge in [0, 0.05) is 32.3 Å². The summed E-state index contributed by atoms with van der Waals surface area (Å²) in [6.07, 6.45) is 0. The van der Waals surface area contributed by atoms with Crippen LogP contribution in [0, 0.1) is 0 Å². The minimum absolute atomic E-state index is 0.306. The van der Waals surface area contributed by atoms with E-state index < -0.39 is 0 Å². The number of carbonyl (C=O) groups excluding carboxylic acids is 2. The molecule has 4 aromatic rings. The van der Waals surface area contributed by atoms with Gasteiger partial charge >= 0.3 is 0 Å². The maximum atomic E-state index is 13.4. The first-order valence-electron chi connectivity index (χ1n) is 9.54. The molecule has 4 aromatic carbocycles. The molecule has 158 valence electrons. The maximum absolute atomic E-state index is 13.4. The molecular weight excluding hydrogens is 486 g/mol. The molecule has 0 spiro atoms. The Morgan fingerprint density at radius 2 is 0.844 bits per heavy atom. The van der Waals surface area contributed by atoms with E-state index in [0.717, 1.165) is 0 Å². The second kappa shape index (κ2) is 9.48. The van der Waals surface area contributed by atoms with Crippen LogP contribution in [0.25, 0.3) is 11.1 Å². The van der Waals surface area contributed by atoms with E-state index in [9.17, 15) is 9.59 Å². The first kappa shape index (κ1) is 22.6. The van der Waals surface area contributed by atoms with Crippen molar-refractivity contribution in [2.75, 3.05) is 0 Å². The molecule has 0 aromatic heterocycles. The fourth-order valence-corrected chi connectivity index (χ4v) is 4.25. The highest BCUT2D eigenvalue weighted by Gasteiger charge is 2.23. The first-order valence-corrected chi connectivity index (χ1v) is 11.1. The standard InChI is InChI=1S/C26H14Cl4O2/c27-15-9-11-17(21(13-15)25(31)19-5-1-3-7-23(19)29)18-12-10-16(28)14-22(18)26(32)20-6-2-4-8-24(20)30/h1-14H. The molecule has 0 N–H and O–H groups in total. The molecule has 0 aliphatic heterocycles. The Bertz CT molecular complexity index is 1260. The predicted molar refractivity (Wildman–Crippen MR) is 132 cm³/mol. The number of halogens is 4. The molecular formula is C26H14Cl4O2. The smallest absolute Gasteiger partial charge is 0.195 e. The monoisotopic (exact) mass is 498 g/mol. The van der Waals surface area contributed by atoms with Crippen molar-refractivity contribution in [1.29, 1.82) is 0 Å². The van der Waals surface area contributed by atoms with Crippen LogP contribution >= 0.6 is 46.4 Å². The summed E-state index contributed by atoms with van der Waals surface area (Å²) in [5, 5.41) is 1.42. The lowest BCUT2D eigenvalue weighted by molar-refractivity contribution is 0.103. The Morgan fingerprint density at radius 3 is 1.22 bits per heavy atom. The number of carbonyl (C=O) groups is 2. The Morgan fingerprint density at radius 1 is 0.469 bits per heavy atom. The van der Waals surface area contributed by atoms with Crippen LogP contribution in [0.4, 0.5) is 0 Å². The molecule has 0 saturated carbocycles. The van der Waals surface area contributed by atoms with E-state index in [1.807, 2.05) is 0 Å². The molecule has 0 unspecified atom stereocenters. The van der Waals surface area contributed by atoms with Gasteiger partial charge < -0.3 is 0 Å². The van der Waals surface area contributed by atoms with Gasteiger partial charge in [-0.25, -0.2) is 0 Å². The zero-order valence-corrected chi connectivity index (χ0v) is 19.4. The van der Waals surface area contributed by atoms with Gasteiger partial charge in [0.05, 0.1) is 10.0 Å². The van der Waals surface area contributed by atoms with Crippen LogP contribution in [0.2, 0.25) is 20.1 Å². The minimum atomic E-state index is -0.306. The van der Waals surface area contributed by atoms with E-state index >= 15 is 0 Å². The third-order valence-corrected chi connectivity index (χ3v) is 6.11. The van der Waals surface area contributed by atoms with Gasteiger partial charge in [0.15, 0.2) is 11.6 Å². The summed E-state index contributed by atoms with van der Waals surface area (Å²) < 4.78 is 0. The van der Waals surface area contributed by atoms with E-state index in [0.29, 0.717) is 53.5 Å². The van der Waals surface area contributed by atoms with Gasteiger partial charge in [0.25, 0.3) is 0 Å². The summed E-state index contributed by atoms with van der Waals surface area (Å²) in [6, 6.07) is 23.4. The van der Waals surface area contributed by atoms with E-state index in [4.69, 9.17) is 46.4 Å². The van der Waals surface area contributed by atoms with Gasteiger partial charge in [-0.1, -0.05) is 82.8 Å². The normalized spacial score (nSPS) is 10.8. The maximum Gasteiger partial charge on any atom is 0.195 e. The van der Waals surface area contributed by atoms with Gasteiger partial charge in [-0.05, 0) is 59.7 Å². The van der Waals surface area contributed by atoms with E-state index in [2.05, 4.69) is 0 Å². The van der Waals surface area contributed by atoms with Crippen molar-refractivity contribution in [3.8, 4) is 11.1 Å². The van der Waals surface area contributed by atoms with Crippen molar-refractivity contribution in [3.63, 3.8) is 0 Å². The number of ketones is 2. The molecule has 0 heterocycles. The first-order chi connectivity index (χ1) is 15.4. The highest BCUT2D eigenvalue weighted by molar-refractivity contribution is 6.37. The second-order valence-electron chi connectivity index (χ2n) is 7.00. The third-order valence-electron chi connectivity index (χ3n) is 4.98. The Balaban J connectivity index is 1.93. The molecule has 2 nitrogen and oxygen atoms in total. The molecule has 0 atom stereocenters. The number of hydrogen-bond donors (Lipinski definition) is 0. The van der Waals surface area contributed by atoms with Crippen LogP contribution in [-0.2, 0) is 0 Å². The molecule has 0 fully saturated rings. The minimum Gasteiger partial charge on any atom is -0.289 e. The van der Waals surface area contributed by atoms with Crippen LogP contribution in [0.3, 0.4) is 0 Å². The lowest BCUT2D eigenvalue weighted by atomic mass is 9.89. The summed E-state index contributed by atoms with van der Waals surface area (Å²) in [4.78, 5) is 26.8. The van der Waals surface area contributed by atoms with Crippen molar-refractivity contribution in [3.05, 3.63) is 127 Å². The summed E-state index contributed by atoms with van der Waals surface area (Å²) in [5.41, 5.74) is 2.39. The topological polar surface area (TPSA) is 34.1 Å². The SMILES string of the molecule is O=C(c1ccccc1Cl)c1cc(Cl)ccc1-c1ccc(Cl)cc1C(=O)c1ccccc1Cl. The number of benzene rings is 4. The molecule has 0 bridgehead atoms. The summed E-state index contributed by atoms with van der Waals surface area (Å²) >= 11 is 25.0. The fraction of sp³-hybridized carbons (Fsp3) is 0. The van der Waals surface area contributed by atoms with E-state index in [1.54, 1.807) is 84.9 Å². The zero-order chi connectivity index (χ0) is 22.8. The average Bonchev–Trinajstić information content (AvgIpc) is 2.79. The largest absolute Gasteiger partial charge is 0.289 e. The third kappa shape index (κ3) is 4.46. The molecule has 0 radical (unpaired) electrons. The van der Waals surface area contributed by atoms with E-state index in [1.165, 1.54) is 0 Å². The molecule has 4 rings (SSSR count). The number of hydrogen-bond acceptors (Lipinski definition) is 2. The lowest BCUT2D eigenvalue weighted by Gasteiger charge is -2.15. The van der Waals surface area contributed by atoms with E-state index in [-0.39, 0.29) is 11.6 Å². The van der Waals surface area contributed by atoms with Crippen molar-refractivity contribution in [2.45, 2.75) is 0 Å². The molecule has 0 aliphatic carbocycles. The van der Waals surface area contributed by atoms with Gasteiger partial charge in [0.2, 0.25) is 0 Å². The Labute approximate surface area is 205 Å². The second-order valence-corrected chi connectivity index (χ2v) is 8.69. The predicted octanol–water partition coefficient (Wildman–Crippen LogP) is 8.43. The fourth-order valence-electron chi connectivity index (χ4n) is 3.46. The van der Waals surface area contributed by atoms with Gasteiger partial charge in [-0.3, -0.25) is 9.59 Å². The van der Waals surface area contributed by atoms with Crippen molar-refractivity contribution in [2.24, 2.45) is 0 Å². The van der Waals surface area contributed by atoms with Gasteiger partial charge in [-0.2, -0.15) is 0 Å².